The maximum absolute atomic E-state index is 12.7. The maximum Gasteiger partial charge on any atom is 0.399 e. The standard InChI is InChI=1S/C12H15F3N2OS/c1-7-3-4-10(8(2)5-7)19-6-9(11(16)17-18)12(13,14)15/h3-5,9,18H,6H2,1-2H3,(H2,16,17). The van der Waals surface area contributed by atoms with Crippen molar-refractivity contribution in [2.75, 3.05) is 5.75 Å². The number of nitrogens with two attached hydrogens (primary N) is 1. The van der Waals surface area contributed by atoms with Crippen LogP contribution in [0.4, 0.5) is 13.2 Å². The molecule has 0 aliphatic rings. The molecule has 1 atom stereocenters. The van der Waals surface area contributed by atoms with Crippen LogP contribution in [-0.2, 0) is 0 Å². The lowest BCUT2D eigenvalue weighted by atomic mass is 10.1. The van der Waals surface area contributed by atoms with Crippen LogP contribution in [0.15, 0.2) is 28.3 Å². The van der Waals surface area contributed by atoms with Gasteiger partial charge in [-0.1, -0.05) is 22.9 Å². The van der Waals surface area contributed by atoms with Gasteiger partial charge in [0.2, 0.25) is 0 Å². The molecule has 0 saturated heterocycles. The number of halogens is 3. The summed E-state index contributed by atoms with van der Waals surface area (Å²) in [4.78, 5) is 0.755. The van der Waals surface area contributed by atoms with Gasteiger partial charge in [0.1, 0.15) is 5.92 Å². The molecule has 0 bridgehead atoms. The smallest absolute Gasteiger partial charge is 0.399 e. The minimum atomic E-state index is -4.53. The molecule has 1 unspecified atom stereocenters. The van der Waals surface area contributed by atoms with Gasteiger partial charge >= 0.3 is 6.18 Å². The van der Waals surface area contributed by atoms with Gasteiger partial charge in [-0.25, -0.2) is 0 Å². The first-order valence-corrected chi connectivity index (χ1v) is 6.48. The van der Waals surface area contributed by atoms with Crippen molar-refractivity contribution in [1.29, 1.82) is 0 Å². The highest BCUT2D eigenvalue weighted by Gasteiger charge is 2.42. The second-order valence-corrected chi connectivity index (χ2v) is 5.26. The largest absolute Gasteiger partial charge is 0.409 e. The lowest BCUT2D eigenvalue weighted by molar-refractivity contribution is -0.150. The summed E-state index contributed by atoms with van der Waals surface area (Å²) in [7, 11) is 0. The Labute approximate surface area is 113 Å². The second-order valence-electron chi connectivity index (χ2n) is 4.20. The normalized spacial score (nSPS) is 14.5. The van der Waals surface area contributed by atoms with E-state index in [1.165, 1.54) is 0 Å². The number of benzene rings is 1. The number of alkyl halides is 3. The first-order chi connectivity index (χ1) is 8.75. The van der Waals surface area contributed by atoms with Gasteiger partial charge in [-0.2, -0.15) is 13.2 Å². The molecule has 0 aromatic heterocycles. The van der Waals surface area contributed by atoms with Crippen molar-refractivity contribution in [3.8, 4) is 0 Å². The molecule has 1 aromatic rings. The number of hydrogen-bond acceptors (Lipinski definition) is 3. The van der Waals surface area contributed by atoms with E-state index in [2.05, 4.69) is 5.16 Å². The number of thioether (sulfide) groups is 1. The minimum absolute atomic E-state index is 0.316. The molecule has 0 aliphatic heterocycles. The lowest BCUT2D eigenvalue weighted by Gasteiger charge is -2.18. The Kier molecular flexibility index (Phi) is 5.11. The monoisotopic (exact) mass is 292 g/mol. The summed E-state index contributed by atoms with van der Waals surface area (Å²) in [6, 6.07) is 5.50. The minimum Gasteiger partial charge on any atom is -0.409 e. The highest BCUT2D eigenvalue weighted by Crippen LogP contribution is 2.33. The summed E-state index contributed by atoms with van der Waals surface area (Å²) < 4.78 is 38.2. The van der Waals surface area contributed by atoms with Crippen molar-refractivity contribution in [3.63, 3.8) is 0 Å². The summed E-state index contributed by atoms with van der Waals surface area (Å²) in [5.41, 5.74) is 7.05. The van der Waals surface area contributed by atoms with E-state index in [0.29, 0.717) is 0 Å². The van der Waals surface area contributed by atoms with Gasteiger partial charge in [0.15, 0.2) is 5.84 Å². The highest BCUT2D eigenvalue weighted by atomic mass is 32.2. The molecule has 0 fully saturated rings. The van der Waals surface area contributed by atoms with Gasteiger partial charge in [0, 0.05) is 10.6 Å². The molecule has 19 heavy (non-hydrogen) atoms. The highest BCUT2D eigenvalue weighted by molar-refractivity contribution is 7.99. The van der Waals surface area contributed by atoms with Crippen molar-refractivity contribution in [1.82, 2.24) is 0 Å². The lowest BCUT2D eigenvalue weighted by Crippen LogP contribution is -2.37. The zero-order chi connectivity index (χ0) is 14.6. The first kappa shape index (κ1) is 15.7. The number of nitrogens with zero attached hydrogens (tertiary/aromatic N) is 1. The average molecular weight is 292 g/mol. The van der Waals surface area contributed by atoms with Crippen LogP contribution in [0, 0.1) is 19.8 Å². The molecule has 3 nitrogen and oxygen atoms in total. The third kappa shape index (κ3) is 4.34. The number of hydrogen-bond donors (Lipinski definition) is 2. The summed E-state index contributed by atoms with van der Waals surface area (Å²) in [5, 5.41) is 10.9. The van der Waals surface area contributed by atoms with E-state index in [0.717, 1.165) is 27.8 Å². The molecular formula is C12H15F3N2OS. The quantitative estimate of drug-likeness (QED) is 0.294. The van der Waals surface area contributed by atoms with Crippen molar-refractivity contribution >= 4 is 17.6 Å². The fourth-order valence-electron chi connectivity index (χ4n) is 1.55. The van der Waals surface area contributed by atoms with Gasteiger partial charge in [-0.15, -0.1) is 11.8 Å². The Morgan fingerprint density at radius 2 is 2.05 bits per heavy atom. The van der Waals surface area contributed by atoms with Gasteiger partial charge in [-0.05, 0) is 25.5 Å². The molecule has 0 aliphatic carbocycles. The predicted molar refractivity (Wildman–Crippen MR) is 69.6 cm³/mol. The fourth-order valence-corrected chi connectivity index (χ4v) is 2.71. The van der Waals surface area contributed by atoms with Gasteiger partial charge in [0.05, 0.1) is 0 Å². The summed E-state index contributed by atoms with van der Waals surface area (Å²) in [5.74, 6) is -3.09. The molecule has 0 amide bonds. The molecule has 0 spiro atoms. The van der Waals surface area contributed by atoms with Crippen molar-refractivity contribution in [3.05, 3.63) is 29.3 Å². The topological polar surface area (TPSA) is 58.6 Å². The molecule has 7 heteroatoms. The van der Waals surface area contributed by atoms with E-state index in [-0.39, 0.29) is 5.75 Å². The van der Waals surface area contributed by atoms with Crippen LogP contribution in [0.1, 0.15) is 11.1 Å². The molecule has 1 rings (SSSR count). The van der Waals surface area contributed by atoms with E-state index in [9.17, 15) is 13.2 Å². The van der Waals surface area contributed by atoms with Crippen LogP contribution >= 0.6 is 11.8 Å². The summed E-state index contributed by atoms with van der Waals surface area (Å²) in [6.07, 6.45) is -4.53. The van der Waals surface area contributed by atoms with Crippen LogP contribution in [-0.4, -0.2) is 23.0 Å². The summed E-state index contributed by atoms with van der Waals surface area (Å²) >= 11 is 1.04. The Morgan fingerprint density at radius 1 is 1.42 bits per heavy atom. The Bertz CT molecular complexity index is 475. The van der Waals surface area contributed by atoms with E-state index < -0.39 is 17.9 Å². The van der Waals surface area contributed by atoms with Gasteiger partial charge < -0.3 is 10.9 Å². The molecule has 1 aromatic carbocycles. The van der Waals surface area contributed by atoms with Crippen molar-refractivity contribution in [2.24, 2.45) is 16.8 Å². The molecular weight excluding hydrogens is 277 g/mol. The number of oxime groups is 1. The van der Waals surface area contributed by atoms with Crippen molar-refractivity contribution in [2.45, 2.75) is 24.9 Å². The average Bonchev–Trinajstić information content (AvgIpc) is 2.29. The zero-order valence-electron chi connectivity index (χ0n) is 10.5. The first-order valence-electron chi connectivity index (χ1n) is 5.50. The Balaban J connectivity index is 2.82. The number of rotatable bonds is 4. The van der Waals surface area contributed by atoms with Crippen LogP contribution in [0.2, 0.25) is 0 Å². The molecule has 0 heterocycles. The SMILES string of the molecule is Cc1ccc(SCC(/C(N)=N/O)C(F)(F)F)c(C)c1. The van der Waals surface area contributed by atoms with Crippen LogP contribution < -0.4 is 5.73 Å². The second kappa shape index (κ2) is 6.18. The predicted octanol–water partition coefficient (Wildman–Crippen LogP) is 3.32. The van der Waals surface area contributed by atoms with Gasteiger partial charge in [-0.3, -0.25) is 0 Å². The fraction of sp³-hybridized carbons (Fsp3) is 0.417. The van der Waals surface area contributed by atoms with Crippen molar-refractivity contribution < 1.29 is 18.4 Å². The zero-order valence-corrected chi connectivity index (χ0v) is 11.3. The molecule has 3 N–H and O–H groups in total. The summed E-state index contributed by atoms with van der Waals surface area (Å²) in [6.45, 7) is 3.75. The Morgan fingerprint density at radius 3 is 2.53 bits per heavy atom. The van der Waals surface area contributed by atoms with E-state index in [1.54, 1.807) is 6.07 Å². The van der Waals surface area contributed by atoms with Crippen LogP contribution in [0.3, 0.4) is 0 Å². The molecule has 0 saturated carbocycles. The van der Waals surface area contributed by atoms with Crippen LogP contribution in [0.5, 0.6) is 0 Å². The van der Waals surface area contributed by atoms with E-state index >= 15 is 0 Å². The maximum atomic E-state index is 12.7. The van der Waals surface area contributed by atoms with E-state index in [4.69, 9.17) is 10.9 Å². The third-order valence-electron chi connectivity index (χ3n) is 2.60. The van der Waals surface area contributed by atoms with E-state index in [1.807, 2.05) is 26.0 Å². The molecule has 0 radical (unpaired) electrons. The number of amidine groups is 1. The molecule has 106 valence electrons. The van der Waals surface area contributed by atoms with Gasteiger partial charge in [0.25, 0.3) is 0 Å². The van der Waals surface area contributed by atoms with Crippen LogP contribution in [0.25, 0.3) is 0 Å². The third-order valence-corrected chi connectivity index (χ3v) is 3.87. The Hall–Kier alpha value is -1.37. The number of aryl methyl sites for hydroxylation is 2.